The quantitative estimate of drug-likeness (QED) is 0.926. The molecule has 0 bridgehead atoms. The van der Waals surface area contributed by atoms with Crippen LogP contribution in [0.25, 0.3) is 0 Å². The van der Waals surface area contributed by atoms with Gasteiger partial charge in [-0.3, -0.25) is 4.79 Å². The minimum Gasteiger partial charge on any atom is -0.398 e. The molecule has 5 heteroatoms. The summed E-state index contributed by atoms with van der Waals surface area (Å²) in [5.41, 5.74) is 6.99. The van der Waals surface area contributed by atoms with Crippen molar-refractivity contribution in [1.29, 1.82) is 0 Å². The van der Waals surface area contributed by atoms with Gasteiger partial charge in [0, 0.05) is 16.9 Å². The maximum Gasteiger partial charge on any atom is 0.265 e. The minimum atomic E-state index is -0.126. The van der Waals surface area contributed by atoms with E-state index in [-0.39, 0.29) is 5.56 Å². The Morgan fingerprint density at radius 3 is 2.76 bits per heavy atom. The highest BCUT2D eigenvalue weighted by molar-refractivity contribution is 9.10. The summed E-state index contributed by atoms with van der Waals surface area (Å²) in [6.07, 6.45) is 1.61. The number of pyridine rings is 1. The van der Waals surface area contributed by atoms with Gasteiger partial charge in [0.05, 0.1) is 11.0 Å². The average Bonchev–Trinajstić information content (AvgIpc) is 2.28. The molecule has 0 aliphatic heterocycles. The maximum absolute atomic E-state index is 11.9. The van der Waals surface area contributed by atoms with Crippen molar-refractivity contribution in [1.82, 2.24) is 4.57 Å². The highest BCUT2D eigenvalue weighted by Gasteiger charge is 2.05. The third-order valence-corrected chi connectivity index (χ3v) is 3.30. The molecule has 1 aromatic carbocycles. The molecule has 2 rings (SSSR count). The summed E-state index contributed by atoms with van der Waals surface area (Å²) in [6, 6.07) is 9.00. The molecule has 0 radical (unpaired) electrons. The van der Waals surface area contributed by atoms with Crippen molar-refractivity contribution in [3.8, 4) is 0 Å². The second kappa shape index (κ2) is 4.94. The molecular formula is C12H10BrClN2O. The van der Waals surface area contributed by atoms with E-state index >= 15 is 0 Å². The standard InChI is InChI=1S/C12H10BrClN2O/c13-10-5-9(15)7-16(12(10)17)6-8-3-1-2-4-11(8)14/h1-5,7H,6,15H2. The van der Waals surface area contributed by atoms with Crippen molar-refractivity contribution >= 4 is 33.2 Å². The first kappa shape index (κ1) is 12.2. The fourth-order valence-corrected chi connectivity index (χ4v) is 2.24. The SMILES string of the molecule is Nc1cc(Br)c(=O)n(Cc2ccccc2Cl)c1. The second-order valence-electron chi connectivity index (χ2n) is 3.65. The molecule has 0 aliphatic rings. The van der Waals surface area contributed by atoms with Gasteiger partial charge in [0.1, 0.15) is 0 Å². The lowest BCUT2D eigenvalue weighted by atomic mass is 10.2. The molecular weight excluding hydrogens is 304 g/mol. The van der Waals surface area contributed by atoms with E-state index in [4.69, 9.17) is 17.3 Å². The number of hydrogen-bond acceptors (Lipinski definition) is 2. The lowest BCUT2D eigenvalue weighted by Crippen LogP contribution is -2.21. The minimum absolute atomic E-state index is 0.126. The summed E-state index contributed by atoms with van der Waals surface area (Å²) in [6.45, 7) is 0.405. The maximum atomic E-state index is 11.9. The van der Waals surface area contributed by atoms with Crippen LogP contribution in [0.2, 0.25) is 5.02 Å². The van der Waals surface area contributed by atoms with Crippen LogP contribution in [-0.4, -0.2) is 4.57 Å². The van der Waals surface area contributed by atoms with Crippen LogP contribution in [0.15, 0.2) is 45.8 Å². The molecule has 0 saturated carbocycles. The second-order valence-corrected chi connectivity index (χ2v) is 4.91. The highest BCUT2D eigenvalue weighted by Crippen LogP contribution is 2.16. The Morgan fingerprint density at radius 2 is 2.06 bits per heavy atom. The van der Waals surface area contributed by atoms with E-state index in [1.165, 1.54) is 4.57 Å². The normalized spacial score (nSPS) is 10.5. The summed E-state index contributed by atoms with van der Waals surface area (Å²) >= 11 is 9.23. The van der Waals surface area contributed by atoms with Crippen molar-refractivity contribution in [2.24, 2.45) is 0 Å². The number of hydrogen-bond donors (Lipinski definition) is 1. The van der Waals surface area contributed by atoms with Crippen LogP contribution in [0.1, 0.15) is 5.56 Å². The van der Waals surface area contributed by atoms with Gasteiger partial charge < -0.3 is 10.3 Å². The number of anilines is 1. The van der Waals surface area contributed by atoms with E-state index < -0.39 is 0 Å². The van der Waals surface area contributed by atoms with Gasteiger partial charge in [0.15, 0.2) is 0 Å². The topological polar surface area (TPSA) is 48.0 Å². The van der Waals surface area contributed by atoms with E-state index in [1.807, 2.05) is 18.2 Å². The van der Waals surface area contributed by atoms with E-state index in [0.29, 0.717) is 21.7 Å². The Labute approximate surface area is 112 Å². The Balaban J connectivity index is 2.44. The lowest BCUT2D eigenvalue weighted by Gasteiger charge is -2.09. The summed E-state index contributed by atoms with van der Waals surface area (Å²) in [7, 11) is 0. The largest absolute Gasteiger partial charge is 0.398 e. The molecule has 0 amide bonds. The predicted octanol–water partition coefficient (Wildman–Crippen LogP) is 2.89. The van der Waals surface area contributed by atoms with Crippen molar-refractivity contribution in [3.63, 3.8) is 0 Å². The lowest BCUT2D eigenvalue weighted by molar-refractivity contribution is 0.757. The monoisotopic (exact) mass is 312 g/mol. The zero-order valence-corrected chi connectivity index (χ0v) is 11.2. The number of nitrogen functional groups attached to an aromatic ring is 1. The number of benzene rings is 1. The van der Waals surface area contributed by atoms with Crippen LogP contribution in [0, 0.1) is 0 Å². The van der Waals surface area contributed by atoms with E-state index in [0.717, 1.165) is 5.56 Å². The molecule has 0 spiro atoms. The fourth-order valence-electron chi connectivity index (χ4n) is 1.55. The number of halogens is 2. The molecule has 3 nitrogen and oxygen atoms in total. The first-order valence-electron chi connectivity index (χ1n) is 4.97. The Bertz CT molecular complexity index is 610. The summed E-state index contributed by atoms with van der Waals surface area (Å²) < 4.78 is 1.98. The van der Waals surface area contributed by atoms with Crippen molar-refractivity contribution in [2.45, 2.75) is 6.54 Å². The zero-order valence-electron chi connectivity index (χ0n) is 8.86. The first-order valence-corrected chi connectivity index (χ1v) is 6.14. The van der Waals surface area contributed by atoms with Crippen LogP contribution in [-0.2, 0) is 6.54 Å². The summed E-state index contributed by atoms with van der Waals surface area (Å²) in [4.78, 5) is 11.9. The van der Waals surface area contributed by atoms with Gasteiger partial charge in [-0.2, -0.15) is 0 Å². The van der Waals surface area contributed by atoms with E-state index in [9.17, 15) is 4.79 Å². The van der Waals surface area contributed by atoms with E-state index in [1.54, 1.807) is 18.3 Å². The van der Waals surface area contributed by atoms with Gasteiger partial charge in [0.25, 0.3) is 5.56 Å². The third-order valence-electron chi connectivity index (χ3n) is 2.36. The van der Waals surface area contributed by atoms with Crippen molar-refractivity contribution in [3.05, 3.63) is 61.9 Å². The summed E-state index contributed by atoms with van der Waals surface area (Å²) in [5, 5.41) is 0.637. The Hall–Kier alpha value is -1.26. The first-order chi connectivity index (χ1) is 8.08. The van der Waals surface area contributed by atoms with Crippen LogP contribution in [0.3, 0.4) is 0 Å². The zero-order chi connectivity index (χ0) is 12.4. The molecule has 2 N–H and O–H groups in total. The molecule has 17 heavy (non-hydrogen) atoms. The van der Waals surface area contributed by atoms with Gasteiger partial charge in [-0.25, -0.2) is 0 Å². The molecule has 0 fully saturated rings. The molecule has 0 atom stereocenters. The van der Waals surface area contributed by atoms with Gasteiger partial charge in [0.2, 0.25) is 0 Å². The van der Waals surface area contributed by atoms with Gasteiger partial charge in [-0.05, 0) is 33.6 Å². The third kappa shape index (κ3) is 2.70. The number of aromatic nitrogens is 1. The molecule has 1 aromatic heterocycles. The van der Waals surface area contributed by atoms with Gasteiger partial charge >= 0.3 is 0 Å². The molecule has 0 unspecified atom stereocenters. The smallest absolute Gasteiger partial charge is 0.265 e. The Morgan fingerprint density at radius 1 is 1.35 bits per heavy atom. The van der Waals surface area contributed by atoms with Crippen molar-refractivity contribution < 1.29 is 0 Å². The fraction of sp³-hybridized carbons (Fsp3) is 0.0833. The number of rotatable bonds is 2. The van der Waals surface area contributed by atoms with Gasteiger partial charge in [-0.15, -0.1) is 0 Å². The van der Waals surface area contributed by atoms with Crippen LogP contribution in [0.4, 0.5) is 5.69 Å². The molecule has 2 aromatic rings. The predicted molar refractivity (Wildman–Crippen MR) is 73.4 cm³/mol. The Kier molecular flexibility index (Phi) is 3.54. The number of nitrogens with two attached hydrogens (primary N) is 1. The molecule has 88 valence electrons. The van der Waals surface area contributed by atoms with Gasteiger partial charge in [-0.1, -0.05) is 29.8 Å². The highest BCUT2D eigenvalue weighted by atomic mass is 79.9. The molecule has 0 saturated heterocycles. The van der Waals surface area contributed by atoms with Crippen molar-refractivity contribution in [2.75, 3.05) is 5.73 Å². The average molecular weight is 314 g/mol. The number of nitrogens with zero attached hydrogens (tertiary/aromatic N) is 1. The van der Waals surface area contributed by atoms with Crippen LogP contribution < -0.4 is 11.3 Å². The summed E-state index contributed by atoms with van der Waals surface area (Å²) in [5.74, 6) is 0. The van der Waals surface area contributed by atoms with Crippen LogP contribution in [0.5, 0.6) is 0 Å². The molecule has 1 heterocycles. The molecule has 0 aliphatic carbocycles. The van der Waals surface area contributed by atoms with Crippen LogP contribution >= 0.6 is 27.5 Å². The van der Waals surface area contributed by atoms with E-state index in [2.05, 4.69) is 15.9 Å².